The maximum atomic E-state index is 10.6. The molecule has 2 unspecified atom stereocenters. The van der Waals surface area contributed by atoms with Gasteiger partial charge in [-0.25, -0.2) is 0 Å². The Hall–Kier alpha value is -1.06. The summed E-state index contributed by atoms with van der Waals surface area (Å²) in [5.74, 6) is 1.27. The Bertz CT molecular complexity index is 387. The second kappa shape index (κ2) is 6.92. The molecule has 1 aliphatic carbocycles. The zero-order valence-electron chi connectivity index (χ0n) is 11.8. The van der Waals surface area contributed by atoms with E-state index in [2.05, 4.69) is 6.92 Å². The van der Waals surface area contributed by atoms with E-state index in [9.17, 15) is 5.11 Å². The molecule has 0 aliphatic heterocycles. The Morgan fingerprint density at radius 2 is 2.00 bits per heavy atom. The number of hydrogen-bond donors (Lipinski definition) is 1. The third kappa shape index (κ3) is 3.71. The molecule has 106 valence electrons. The smallest absolute Gasteiger partial charge is 0.125 e. The molecular weight excluding hydrogens is 240 g/mol. The number of rotatable bonds is 8. The first-order valence-electron chi connectivity index (χ1n) is 7.29. The first-order valence-corrected chi connectivity index (χ1v) is 7.29. The summed E-state index contributed by atoms with van der Waals surface area (Å²) < 4.78 is 11.5. The van der Waals surface area contributed by atoms with Crippen molar-refractivity contribution in [3.63, 3.8) is 0 Å². The average Bonchev–Trinajstić information content (AvgIpc) is 3.26. The van der Waals surface area contributed by atoms with Gasteiger partial charge in [-0.1, -0.05) is 25.1 Å². The van der Waals surface area contributed by atoms with Crippen molar-refractivity contribution in [1.82, 2.24) is 0 Å². The molecule has 2 rings (SSSR count). The van der Waals surface area contributed by atoms with Gasteiger partial charge in [0.1, 0.15) is 11.9 Å². The molecule has 2 atom stereocenters. The van der Waals surface area contributed by atoms with Crippen molar-refractivity contribution in [1.29, 1.82) is 0 Å². The minimum absolute atomic E-state index is 0.101. The Morgan fingerprint density at radius 1 is 1.26 bits per heavy atom. The summed E-state index contributed by atoms with van der Waals surface area (Å²) in [5.41, 5.74) is 0.848. The van der Waals surface area contributed by atoms with E-state index in [1.807, 2.05) is 31.2 Å². The second-order valence-electron chi connectivity index (χ2n) is 5.09. The monoisotopic (exact) mass is 264 g/mol. The number of hydrogen-bond acceptors (Lipinski definition) is 3. The fourth-order valence-electron chi connectivity index (χ4n) is 2.35. The Labute approximate surface area is 115 Å². The van der Waals surface area contributed by atoms with E-state index in [0.717, 1.165) is 30.6 Å². The Kier molecular flexibility index (Phi) is 5.23. The van der Waals surface area contributed by atoms with E-state index in [1.54, 1.807) is 0 Å². The van der Waals surface area contributed by atoms with Gasteiger partial charge in [-0.15, -0.1) is 0 Å². The van der Waals surface area contributed by atoms with Crippen LogP contribution in [0.15, 0.2) is 24.3 Å². The van der Waals surface area contributed by atoms with E-state index in [1.165, 1.54) is 0 Å². The molecule has 3 heteroatoms. The third-order valence-corrected chi connectivity index (χ3v) is 3.46. The van der Waals surface area contributed by atoms with Crippen LogP contribution in [0.4, 0.5) is 0 Å². The van der Waals surface area contributed by atoms with E-state index in [-0.39, 0.29) is 6.10 Å². The van der Waals surface area contributed by atoms with Crippen LogP contribution in [0.3, 0.4) is 0 Å². The molecule has 1 N–H and O–H groups in total. The molecule has 3 nitrogen and oxygen atoms in total. The lowest BCUT2D eigenvalue weighted by molar-refractivity contribution is -0.0470. The molecule has 1 saturated carbocycles. The van der Waals surface area contributed by atoms with Gasteiger partial charge in [0.2, 0.25) is 0 Å². The van der Waals surface area contributed by atoms with Crippen molar-refractivity contribution in [2.75, 3.05) is 13.2 Å². The van der Waals surface area contributed by atoms with Crippen LogP contribution in [0, 0.1) is 5.92 Å². The number of aliphatic hydroxyl groups excluding tert-OH is 1. The molecule has 19 heavy (non-hydrogen) atoms. The highest BCUT2D eigenvalue weighted by molar-refractivity contribution is 5.36. The normalized spacial score (nSPS) is 18.1. The minimum Gasteiger partial charge on any atom is -0.493 e. The topological polar surface area (TPSA) is 38.7 Å². The van der Waals surface area contributed by atoms with Gasteiger partial charge in [-0.05, 0) is 38.2 Å². The van der Waals surface area contributed by atoms with Crippen LogP contribution >= 0.6 is 0 Å². The fourth-order valence-corrected chi connectivity index (χ4v) is 2.35. The summed E-state index contributed by atoms with van der Waals surface area (Å²) in [4.78, 5) is 0. The standard InChI is InChI=1S/C16H24O3/c1-3-11-19-14-8-6-5-7-13(14)15(17)16(18-4-2)12-9-10-12/h5-8,12,15-17H,3-4,9-11H2,1-2H3. The second-order valence-corrected chi connectivity index (χ2v) is 5.09. The van der Waals surface area contributed by atoms with E-state index in [0.29, 0.717) is 19.1 Å². The van der Waals surface area contributed by atoms with Gasteiger partial charge < -0.3 is 14.6 Å². The van der Waals surface area contributed by atoms with Crippen molar-refractivity contribution in [3.8, 4) is 5.75 Å². The summed E-state index contributed by atoms with van der Waals surface area (Å²) in [6.07, 6.45) is 2.57. The molecule has 0 bridgehead atoms. The quantitative estimate of drug-likeness (QED) is 0.782. The van der Waals surface area contributed by atoms with Gasteiger partial charge in [0.25, 0.3) is 0 Å². The van der Waals surface area contributed by atoms with Gasteiger partial charge >= 0.3 is 0 Å². The van der Waals surface area contributed by atoms with Gasteiger partial charge in [-0.2, -0.15) is 0 Å². The first-order chi connectivity index (χ1) is 9.27. The van der Waals surface area contributed by atoms with E-state index >= 15 is 0 Å². The van der Waals surface area contributed by atoms with E-state index < -0.39 is 6.10 Å². The van der Waals surface area contributed by atoms with E-state index in [4.69, 9.17) is 9.47 Å². The van der Waals surface area contributed by atoms with Gasteiger partial charge in [0.15, 0.2) is 0 Å². The van der Waals surface area contributed by atoms with Crippen molar-refractivity contribution < 1.29 is 14.6 Å². The maximum Gasteiger partial charge on any atom is 0.125 e. The van der Waals surface area contributed by atoms with Crippen molar-refractivity contribution in [2.45, 2.75) is 45.3 Å². The summed E-state index contributed by atoms with van der Waals surface area (Å²) in [6, 6.07) is 7.73. The highest BCUT2D eigenvalue weighted by Crippen LogP contribution is 2.41. The Balaban J connectivity index is 2.13. The molecule has 1 aliphatic rings. The average molecular weight is 264 g/mol. The van der Waals surface area contributed by atoms with Crippen molar-refractivity contribution in [3.05, 3.63) is 29.8 Å². The highest BCUT2D eigenvalue weighted by Gasteiger charge is 2.38. The molecule has 0 heterocycles. The zero-order chi connectivity index (χ0) is 13.7. The fraction of sp³-hybridized carbons (Fsp3) is 0.625. The molecule has 1 fully saturated rings. The number of ether oxygens (including phenoxy) is 2. The molecule has 0 saturated heterocycles. The highest BCUT2D eigenvalue weighted by atomic mass is 16.5. The summed E-state index contributed by atoms with van der Waals surface area (Å²) in [5, 5.41) is 10.6. The first kappa shape index (κ1) is 14.4. The van der Waals surface area contributed by atoms with Crippen LogP contribution in [0.25, 0.3) is 0 Å². The Morgan fingerprint density at radius 3 is 2.63 bits per heavy atom. The van der Waals surface area contributed by atoms with Crippen LogP contribution in [-0.2, 0) is 4.74 Å². The zero-order valence-corrected chi connectivity index (χ0v) is 11.8. The molecule has 1 aromatic rings. The predicted octanol–water partition coefficient (Wildman–Crippen LogP) is 3.32. The van der Waals surface area contributed by atoms with Crippen LogP contribution in [-0.4, -0.2) is 24.4 Å². The summed E-state index contributed by atoms with van der Waals surface area (Å²) in [7, 11) is 0. The summed E-state index contributed by atoms with van der Waals surface area (Å²) in [6.45, 7) is 5.36. The molecule has 0 radical (unpaired) electrons. The molecule has 0 spiro atoms. The largest absolute Gasteiger partial charge is 0.493 e. The molecule has 0 amide bonds. The third-order valence-electron chi connectivity index (χ3n) is 3.46. The van der Waals surface area contributed by atoms with Crippen LogP contribution in [0.2, 0.25) is 0 Å². The van der Waals surface area contributed by atoms with Gasteiger partial charge in [0, 0.05) is 12.2 Å². The van der Waals surface area contributed by atoms with Crippen molar-refractivity contribution in [2.24, 2.45) is 5.92 Å². The lowest BCUT2D eigenvalue weighted by atomic mass is 10.00. The molecule has 0 aromatic heterocycles. The molecular formula is C16H24O3. The van der Waals surface area contributed by atoms with Crippen LogP contribution < -0.4 is 4.74 Å². The van der Waals surface area contributed by atoms with Crippen molar-refractivity contribution >= 4 is 0 Å². The number of benzene rings is 1. The van der Waals surface area contributed by atoms with Gasteiger partial charge in [0.05, 0.1) is 12.7 Å². The minimum atomic E-state index is -0.597. The molecule has 1 aromatic carbocycles. The van der Waals surface area contributed by atoms with Crippen LogP contribution in [0.1, 0.15) is 44.8 Å². The van der Waals surface area contributed by atoms with Gasteiger partial charge in [-0.3, -0.25) is 0 Å². The lowest BCUT2D eigenvalue weighted by Crippen LogP contribution is -2.25. The maximum absolute atomic E-state index is 10.6. The van der Waals surface area contributed by atoms with Crippen LogP contribution in [0.5, 0.6) is 5.75 Å². The lowest BCUT2D eigenvalue weighted by Gasteiger charge is -2.24. The summed E-state index contributed by atoms with van der Waals surface area (Å²) >= 11 is 0. The number of para-hydroxylation sites is 1. The SMILES string of the molecule is CCCOc1ccccc1C(O)C(OCC)C1CC1. The number of aliphatic hydroxyl groups is 1. The predicted molar refractivity (Wildman–Crippen MR) is 75.3 cm³/mol.